The molecule has 0 unspecified atom stereocenters. The van der Waals surface area contributed by atoms with Crippen molar-refractivity contribution in [2.45, 2.75) is 91.6 Å². The monoisotopic (exact) mass is 389 g/mol. The van der Waals surface area contributed by atoms with E-state index in [0.717, 1.165) is 0 Å². The summed E-state index contributed by atoms with van der Waals surface area (Å²) in [4.78, 5) is 11.6. The van der Waals surface area contributed by atoms with Crippen molar-refractivity contribution in [3.8, 4) is 0 Å². The molecule has 0 radical (unpaired) electrons. The van der Waals surface area contributed by atoms with E-state index in [0.29, 0.717) is 19.0 Å². The summed E-state index contributed by atoms with van der Waals surface area (Å²) in [5.41, 5.74) is 4.09. The molecule has 0 spiro atoms. The van der Waals surface area contributed by atoms with Crippen LogP contribution in [-0.4, -0.2) is 44.7 Å². The van der Waals surface area contributed by atoms with E-state index in [9.17, 15) is 4.79 Å². The van der Waals surface area contributed by atoms with Crippen molar-refractivity contribution in [1.82, 2.24) is 0 Å². The molecule has 0 saturated heterocycles. The zero-order valence-corrected chi connectivity index (χ0v) is 19.1. The summed E-state index contributed by atoms with van der Waals surface area (Å²) >= 11 is 0. The van der Waals surface area contributed by atoms with Gasteiger partial charge in [0.1, 0.15) is 0 Å². The van der Waals surface area contributed by atoms with Crippen molar-refractivity contribution >= 4 is 14.8 Å². The Morgan fingerprint density at radius 3 is 1.65 bits per heavy atom. The Labute approximate surface area is 160 Å². The van der Waals surface area contributed by atoms with E-state index in [2.05, 4.69) is 0 Å². The maximum Gasteiger partial charge on any atom is 0.502 e. The average molecular weight is 390 g/mol. The third-order valence-corrected chi connectivity index (χ3v) is 6.38. The van der Waals surface area contributed by atoms with Gasteiger partial charge in [0.2, 0.25) is 0 Å². The minimum atomic E-state index is -3.03. The molecule has 0 fully saturated rings. The molecule has 2 N–H and O–H groups in total. The molecule has 7 heteroatoms. The molecule has 0 aliphatic heterocycles. The number of nitrogens with two attached hydrogens (primary N) is 1. The van der Waals surface area contributed by atoms with Crippen molar-refractivity contribution in [1.29, 1.82) is 0 Å². The second kappa shape index (κ2) is 9.99. The van der Waals surface area contributed by atoms with Gasteiger partial charge < -0.3 is 23.7 Å². The zero-order chi connectivity index (χ0) is 20.6. The molecule has 0 bridgehead atoms. The summed E-state index contributed by atoms with van der Waals surface area (Å²) in [6, 6.07) is 0.562. The molecule has 6 nitrogen and oxygen atoms in total. The first kappa shape index (κ1) is 25.3. The fourth-order valence-electron chi connectivity index (χ4n) is 2.29. The number of hydrogen-bond donors (Lipinski definition) is 1. The molecule has 26 heavy (non-hydrogen) atoms. The quantitative estimate of drug-likeness (QED) is 0.279. The summed E-state index contributed by atoms with van der Waals surface area (Å²) in [5.74, 6) is -0.395. The Bertz CT molecular complexity index is 417. The predicted molar refractivity (Wildman–Crippen MR) is 107 cm³/mol. The molecule has 0 saturated carbocycles. The van der Waals surface area contributed by atoms with Crippen LogP contribution in [-0.2, 0) is 22.8 Å². The molecular formula is C19H39NO5Si. The molecule has 0 aromatic rings. The van der Waals surface area contributed by atoms with Gasteiger partial charge in [0.05, 0.1) is 23.4 Å². The van der Waals surface area contributed by atoms with E-state index in [1.54, 1.807) is 6.08 Å². The van der Waals surface area contributed by atoms with Crippen LogP contribution in [0.1, 0.15) is 68.7 Å². The molecule has 0 aliphatic rings. The summed E-state index contributed by atoms with van der Waals surface area (Å²) < 4.78 is 24.3. The van der Waals surface area contributed by atoms with Gasteiger partial charge in [0, 0.05) is 18.7 Å². The second-order valence-electron chi connectivity index (χ2n) is 9.24. The summed E-state index contributed by atoms with van der Waals surface area (Å²) in [6.07, 6.45) is 3.50. The smallest absolute Gasteiger partial charge is 0.463 e. The van der Waals surface area contributed by atoms with Gasteiger partial charge in [-0.15, -0.1) is 0 Å². The maximum absolute atomic E-state index is 11.6. The largest absolute Gasteiger partial charge is 0.502 e. The normalized spacial score (nSPS) is 14.1. The number of esters is 1. The molecule has 0 rings (SSSR count). The molecule has 0 amide bonds. The number of carbonyl (C=O) groups excluding carboxylic acids is 1. The van der Waals surface area contributed by atoms with Crippen LogP contribution in [0.3, 0.4) is 0 Å². The van der Waals surface area contributed by atoms with Gasteiger partial charge in [-0.3, -0.25) is 0 Å². The minimum Gasteiger partial charge on any atom is -0.463 e. The highest BCUT2D eigenvalue weighted by Gasteiger charge is 2.49. The molecule has 0 aromatic heterocycles. The van der Waals surface area contributed by atoms with E-state index in [1.165, 1.54) is 6.08 Å². The van der Waals surface area contributed by atoms with E-state index in [1.807, 2.05) is 62.3 Å². The lowest BCUT2D eigenvalue weighted by molar-refractivity contribution is -0.138. The van der Waals surface area contributed by atoms with Crippen molar-refractivity contribution in [3.05, 3.63) is 12.2 Å². The highest BCUT2D eigenvalue weighted by molar-refractivity contribution is 6.61. The Balaban J connectivity index is 5.20. The van der Waals surface area contributed by atoms with Crippen molar-refractivity contribution in [3.63, 3.8) is 0 Å². The molecule has 0 aromatic carbocycles. The fourth-order valence-corrected chi connectivity index (χ4v) is 6.10. The Kier molecular flexibility index (Phi) is 9.71. The van der Waals surface area contributed by atoms with Gasteiger partial charge >= 0.3 is 14.8 Å². The predicted octanol–water partition coefficient (Wildman–Crippen LogP) is 3.82. The van der Waals surface area contributed by atoms with Crippen molar-refractivity contribution in [2.24, 2.45) is 5.73 Å². The van der Waals surface area contributed by atoms with Crippen LogP contribution >= 0.6 is 0 Å². The molecule has 0 atom stereocenters. The Morgan fingerprint density at radius 1 is 0.885 bits per heavy atom. The highest BCUT2D eigenvalue weighted by atomic mass is 28.4. The van der Waals surface area contributed by atoms with Crippen LogP contribution in [0.25, 0.3) is 0 Å². The number of ether oxygens (including phenoxy) is 1. The van der Waals surface area contributed by atoms with Crippen LogP contribution < -0.4 is 5.73 Å². The molecular weight excluding hydrogens is 350 g/mol. The SMILES string of the molecule is CC(C)(C)O[Si](CCCOC(=O)C=CCN)(OC(C)(C)C)OC(C)(C)C. The van der Waals surface area contributed by atoms with Gasteiger partial charge in [-0.1, -0.05) is 6.08 Å². The Morgan fingerprint density at radius 2 is 1.31 bits per heavy atom. The van der Waals surface area contributed by atoms with Crippen LogP contribution in [0.2, 0.25) is 6.04 Å². The first-order chi connectivity index (χ1) is 11.6. The highest BCUT2D eigenvalue weighted by Crippen LogP contribution is 2.32. The van der Waals surface area contributed by atoms with E-state index in [4.69, 9.17) is 23.7 Å². The van der Waals surface area contributed by atoms with Gasteiger partial charge in [-0.25, -0.2) is 4.79 Å². The molecule has 154 valence electrons. The number of rotatable bonds is 9. The first-order valence-corrected chi connectivity index (χ1v) is 11.1. The van der Waals surface area contributed by atoms with E-state index >= 15 is 0 Å². The van der Waals surface area contributed by atoms with Gasteiger partial charge in [-0.2, -0.15) is 0 Å². The van der Waals surface area contributed by atoms with Crippen LogP contribution in [0.5, 0.6) is 0 Å². The minimum absolute atomic E-state index is 0.275. The summed E-state index contributed by atoms with van der Waals surface area (Å²) in [6.45, 7) is 18.5. The number of carbonyl (C=O) groups is 1. The van der Waals surface area contributed by atoms with Crippen LogP contribution in [0, 0.1) is 0 Å². The van der Waals surface area contributed by atoms with Gasteiger partial charge in [0.15, 0.2) is 0 Å². The lowest BCUT2D eigenvalue weighted by Crippen LogP contribution is -2.57. The van der Waals surface area contributed by atoms with Gasteiger partial charge in [0.25, 0.3) is 0 Å². The Hall–Kier alpha value is -0.733. The average Bonchev–Trinajstić information content (AvgIpc) is 2.35. The fraction of sp³-hybridized carbons (Fsp3) is 0.842. The lowest BCUT2D eigenvalue weighted by atomic mass is 10.2. The first-order valence-electron chi connectivity index (χ1n) is 9.21. The summed E-state index contributed by atoms with van der Waals surface area (Å²) in [7, 11) is -3.03. The zero-order valence-electron chi connectivity index (χ0n) is 18.1. The molecule has 0 heterocycles. The maximum atomic E-state index is 11.6. The van der Waals surface area contributed by atoms with Crippen LogP contribution in [0.4, 0.5) is 0 Å². The van der Waals surface area contributed by atoms with E-state index < -0.39 is 31.6 Å². The van der Waals surface area contributed by atoms with Crippen molar-refractivity contribution < 1.29 is 22.8 Å². The standard InChI is InChI=1S/C19H39NO5Si/c1-17(2,3)23-26(24-18(4,5)6,25-19(7,8)9)15-11-14-22-16(21)12-10-13-20/h10,12H,11,13-15,20H2,1-9H3. The summed E-state index contributed by atoms with van der Waals surface area (Å²) in [5, 5.41) is 0. The van der Waals surface area contributed by atoms with E-state index in [-0.39, 0.29) is 6.61 Å². The topological polar surface area (TPSA) is 80.0 Å². The third kappa shape index (κ3) is 13.5. The van der Waals surface area contributed by atoms with Crippen LogP contribution in [0.15, 0.2) is 12.2 Å². The number of hydrogen-bond acceptors (Lipinski definition) is 6. The third-order valence-electron chi connectivity index (χ3n) is 2.65. The van der Waals surface area contributed by atoms with Crippen molar-refractivity contribution in [2.75, 3.05) is 13.2 Å². The molecule has 0 aliphatic carbocycles. The second-order valence-corrected chi connectivity index (χ2v) is 11.7. The lowest BCUT2D eigenvalue weighted by Gasteiger charge is -2.43. The van der Waals surface area contributed by atoms with Gasteiger partial charge in [-0.05, 0) is 68.7 Å².